The molecular weight excluding hydrogens is 416 g/mol. The predicted molar refractivity (Wildman–Crippen MR) is 130 cm³/mol. The predicted octanol–water partition coefficient (Wildman–Crippen LogP) is 4.28. The molecule has 2 aromatic carbocycles. The molecule has 6 nitrogen and oxygen atoms in total. The number of carbonyl (C=O) groups is 2. The Bertz CT molecular complexity index is 1080. The van der Waals surface area contributed by atoms with Gasteiger partial charge in [-0.25, -0.2) is 0 Å². The lowest BCUT2D eigenvalue weighted by atomic mass is 9.85. The summed E-state index contributed by atoms with van der Waals surface area (Å²) in [5.74, 6) is -1.06. The van der Waals surface area contributed by atoms with Gasteiger partial charge in [-0.2, -0.15) is 0 Å². The molecule has 1 unspecified atom stereocenters. The number of aliphatic hydroxyl groups excluding tert-OH is 1. The lowest BCUT2D eigenvalue weighted by Gasteiger charge is -2.27. The monoisotopic (exact) mass is 450 g/mol. The van der Waals surface area contributed by atoms with Crippen molar-refractivity contribution in [2.45, 2.75) is 39.2 Å². The van der Waals surface area contributed by atoms with E-state index in [9.17, 15) is 14.7 Å². The number of likely N-dealkylation sites (N-methyl/N-ethyl adjacent to an activating group) is 1. The number of rotatable bonds is 6. The first kappa shape index (κ1) is 24.5. The number of amides is 1. The van der Waals surface area contributed by atoms with E-state index in [-0.39, 0.29) is 16.7 Å². The van der Waals surface area contributed by atoms with E-state index in [1.165, 1.54) is 7.11 Å². The summed E-state index contributed by atoms with van der Waals surface area (Å²) in [5.41, 5.74) is 3.31. The molecule has 2 aromatic rings. The average molecular weight is 451 g/mol. The van der Waals surface area contributed by atoms with E-state index in [0.717, 1.165) is 16.7 Å². The summed E-state index contributed by atoms with van der Waals surface area (Å²) >= 11 is 0. The van der Waals surface area contributed by atoms with E-state index < -0.39 is 17.7 Å². The van der Waals surface area contributed by atoms with Crippen LogP contribution in [0.5, 0.6) is 5.75 Å². The maximum absolute atomic E-state index is 13.2. The number of nitrogens with zero attached hydrogens (tertiary/aromatic N) is 2. The zero-order chi connectivity index (χ0) is 24.5. The van der Waals surface area contributed by atoms with Crippen molar-refractivity contribution < 1.29 is 19.4 Å². The maximum Gasteiger partial charge on any atom is 0.295 e. The fourth-order valence-corrected chi connectivity index (χ4v) is 4.08. The van der Waals surface area contributed by atoms with Gasteiger partial charge >= 0.3 is 0 Å². The van der Waals surface area contributed by atoms with Crippen LogP contribution in [-0.4, -0.2) is 60.9 Å². The molecule has 1 amide bonds. The number of hydrogen-bond donors (Lipinski definition) is 1. The zero-order valence-electron chi connectivity index (χ0n) is 20.6. The van der Waals surface area contributed by atoms with E-state index in [4.69, 9.17) is 4.74 Å². The largest absolute Gasteiger partial charge is 0.507 e. The molecule has 176 valence electrons. The highest BCUT2D eigenvalue weighted by Crippen LogP contribution is 2.41. The van der Waals surface area contributed by atoms with Crippen LogP contribution >= 0.6 is 0 Å². The highest BCUT2D eigenvalue weighted by Gasteiger charge is 2.46. The molecule has 1 N–H and O–H groups in total. The Balaban J connectivity index is 2.20. The molecule has 1 fully saturated rings. The third-order valence-electron chi connectivity index (χ3n) is 6.03. The fourth-order valence-electron chi connectivity index (χ4n) is 4.08. The Morgan fingerprint density at radius 3 is 2.27 bits per heavy atom. The van der Waals surface area contributed by atoms with Crippen LogP contribution < -0.4 is 4.74 Å². The number of hydrogen-bond acceptors (Lipinski definition) is 5. The first-order valence-corrected chi connectivity index (χ1v) is 11.1. The molecule has 1 atom stereocenters. The summed E-state index contributed by atoms with van der Waals surface area (Å²) in [6.07, 6.45) is 0. The molecule has 3 rings (SSSR count). The number of methoxy groups -OCH3 is 1. The Morgan fingerprint density at radius 2 is 1.73 bits per heavy atom. The topological polar surface area (TPSA) is 70.1 Å². The summed E-state index contributed by atoms with van der Waals surface area (Å²) in [6.45, 7) is 9.26. The summed E-state index contributed by atoms with van der Waals surface area (Å²) < 4.78 is 5.43. The Kier molecular flexibility index (Phi) is 6.98. The number of aryl methyl sites for hydroxylation is 1. The van der Waals surface area contributed by atoms with Crippen molar-refractivity contribution >= 4 is 17.4 Å². The van der Waals surface area contributed by atoms with Gasteiger partial charge in [0.1, 0.15) is 11.5 Å². The Labute approximate surface area is 196 Å². The molecule has 1 aliphatic rings. The van der Waals surface area contributed by atoms with Gasteiger partial charge in [0.15, 0.2) is 0 Å². The van der Waals surface area contributed by atoms with E-state index in [2.05, 4.69) is 20.8 Å². The fraction of sp³-hybridized carbons (Fsp3) is 0.407. The van der Waals surface area contributed by atoms with Crippen molar-refractivity contribution in [3.8, 4) is 5.75 Å². The first-order valence-electron chi connectivity index (χ1n) is 11.1. The summed E-state index contributed by atoms with van der Waals surface area (Å²) in [5, 5.41) is 11.3. The van der Waals surface area contributed by atoms with Crippen LogP contribution in [0.25, 0.3) is 5.76 Å². The second-order valence-corrected chi connectivity index (χ2v) is 9.87. The third-order valence-corrected chi connectivity index (χ3v) is 6.03. The van der Waals surface area contributed by atoms with Gasteiger partial charge < -0.3 is 19.6 Å². The second-order valence-electron chi connectivity index (χ2n) is 9.87. The number of Topliss-reactive ketones (excluding diaryl/α,β-unsaturated/α-hetero) is 1. The molecule has 0 spiro atoms. The summed E-state index contributed by atoms with van der Waals surface area (Å²) in [4.78, 5) is 29.8. The summed E-state index contributed by atoms with van der Waals surface area (Å²) in [6, 6.07) is 12.6. The van der Waals surface area contributed by atoms with Gasteiger partial charge in [-0.1, -0.05) is 56.7 Å². The highest BCUT2D eigenvalue weighted by molar-refractivity contribution is 6.46. The van der Waals surface area contributed by atoms with E-state index >= 15 is 0 Å². The van der Waals surface area contributed by atoms with Crippen molar-refractivity contribution in [2.75, 3.05) is 34.3 Å². The normalized spacial score (nSPS) is 18.3. The number of ketones is 1. The number of ether oxygens (including phenoxy) is 1. The van der Waals surface area contributed by atoms with Crippen LogP contribution in [0.2, 0.25) is 0 Å². The molecule has 1 heterocycles. The smallest absolute Gasteiger partial charge is 0.295 e. The molecule has 0 radical (unpaired) electrons. The van der Waals surface area contributed by atoms with Gasteiger partial charge in [-0.3, -0.25) is 9.59 Å². The molecular formula is C27H34N2O4. The molecule has 0 aromatic heterocycles. The molecule has 33 heavy (non-hydrogen) atoms. The zero-order valence-corrected chi connectivity index (χ0v) is 20.6. The minimum absolute atomic E-state index is 0.0276. The van der Waals surface area contributed by atoms with Crippen molar-refractivity contribution in [2.24, 2.45) is 0 Å². The van der Waals surface area contributed by atoms with Crippen LogP contribution in [0.4, 0.5) is 0 Å². The first-order chi connectivity index (χ1) is 15.5. The number of benzene rings is 2. The van der Waals surface area contributed by atoms with Gasteiger partial charge in [0.05, 0.1) is 24.3 Å². The van der Waals surface area contributed by atoms with Crippen molar-refractivity contribution in [3.05, 3.63) is 70.3 Å². The van der Waals surface area contributed by atoms with Crippen molar-refractivity contribution in [1.82, 2.24) is 9.80 Å². The SMILES string of the molecule is COc1ccc(C)cc1/C(O)=C1\C(=O)C(=O)N(CCN(C)C)C1c1ccc(C(C)(C)C)cc1. The van der Waals surface area contributed by atoms with Gasteiger partial charge in [0.25, 0.3) is 11.7 Å². The minimum Gasteiger partial charge on any atom is -0.507 e. The Hall–Kier alpha value is -3.12. The minimum atomic E-state index is -0.681. The van der Waals surface area contributed by atoms with E-state index in [1.54, 1.807) is 17.0 Å². The lowest BCUT2D eigenvalue weighted by Crippen LogP contribution is -2.35. The highest BCUT2D eigenvalue weighted by atomic mass is 16.5. The van der Waals surface area contributed by atoms with Crippen molar-refractivity contribution in [3.63, 3.8) is 0 Å². The molecule has 0 aliphatic carbocycles. The number of likely N-dealkylation sites (tertiary alicyclic amines) is 1. The van der Waals surface area contributed by atoms with E-state index in [1.807, 2.05) is 56.3 Å². The summed E-state index contributed by atoms with van der Waals surface area (Å²) in [7, 11) is 5.35. The quantitative estimate of drug-likeness (QED) is 0.404. The molecule has 1 aliphatic heterocycles. The average Bonchev–Trinajstić information content (AvgIpc) is 3.01. The van der Waals surface area contributed by atoms with Gasteiger partial charge in [0, 0.05) is 13.1 Å². The van der Waals surface area contributed by atoms with Crippen LogP contribution in [-0.2, 0) is 15.0 Å². The van der Waals surface area contributed by atoms with Crippen LogP contribution in [0, 0.1) is 6.92 Å². The second kappa shape index (κ2) is 9.40. The van der Waals surface area contributed by atoms with Gasteiger partial charge in [0.2, 0.25) is 0 Å². The number of aliphatic hydroxyl groups is 1. The molecule has 0 saturated carbocycles. The maximum atomic E-state index is 13.2. The van der Waals surface area contributed by atoms with Crippen LogP contribution in [0.1, 0.15) is 49.1 Å². The standard InChI is InChI=1S/C27H34N2O4/c1-17-8-13-21(33-7)20(16-17)24(30)22-23(18-9-11-19(12-10-18)27(2,3)4)29(15-14-28(5)6)26(32)25(22)31/h8-13,16,23,30H,14-15H2,1-7H3/b24-22+. The molecule has 1 saturated heterocycles. The van der Waals surface area contributed by atoms with Gasteiger partial charge in [-0.15, -0.1) is 0 Å². The molecule has 6 heteroatoms. The van der Waals surface area contributed by atoms with E-state index in [0.29, 0.717) is 24.4 Å². The Morgan fingerprint density at radius 1 is 1.09 bits per heavy atom. The van der Waals surface area contributed by atoms with Gasteiger partial charge in [-0.05, 0) is 49.7 Å². The van der Waals surface area contributed by atoms with Crippen LogP contribution in [0.3, 0.4) is 0 Å². The number of carbonyl (C=O) groups excluding carboxylic acids is 2. The van der Waals surface area contributed by atoms with Crippen LogP contribution in [0.15, 0.2) is 48.0 Å². The third kappa shape index (κ3) is 4.96. The lowest BCUT2D eigenvalue weighted by molar-refractivity contribution is -0.140. The van der Waals surface area contributed by atoms with Crippen molar-refractivity contribution in [1.29, 1.82) is 0 Å². The molecule has 0 bridgehead atoms.